The van der Waals surface area contributed by atoms with Crippen LogP contribution in [0.1, 0.15) is 44.9 Å². The van der Waals surface area contributed by atoms with Crippen LogP contribution in [0.2, 0.25) is 0 Å². The van der Waals surface area contributed by atoms with Crippen LogP contribution in [0.3, 0.4) is 0 Å². The fraction of sp³-hybridized carbons (Fsp3) is 0.500. The number of anilines is 1. The molecule has 0 amide bonds. The number of fused-ring (bicyclic) bond motifs is 1. The van der Waals surface area contributed by atoms with Crippen LogP contribution < -0.4 is 5.73 Å². The van der Waals surface area contributed by atoms with E-state index in [4.69, 9.17) is 10.5 Å². The van der Waals surface area contributed by atoms with E-state index in [1.54, 1.807) is 10.7 Å². The lowest BCUT2D eigenvalue weighted by atomic mass is 9.95. The van der Waals surface area contributed by atoms with Crippen molar-refractivity contribution in [2.24, 2.45) is 0 Å². The molecule has 0 bridgehead atoms. The molecule has 9 heteroatoms. The predicted molar refractivity (Wildman–Crippen MR) is 90.5 cm³/mol. The van der Waals surface area contributed by atoms with Crippen molar-refractivity contribution >= 4 is 11.3 Å². The van der Waals surface area contributed by atoms with Gasteiger partial charge in [-0.25, -0.2) is 9.50 Å². The minimum Gasteiger partial charge on any atom is -0.390 e. The molecule has 1 aliphatic heterocycles. The van der Waals surface area contributed by atoms with Gasteiger partial charge in [0.25, 0.3) is 0 Å². The zero-order chi connectivity index (χ0) is 17.6. The first-order valence-electron chi connectivity index (χ1n) is 8.36. The predicted octanol–water partition coefficient (Wildman–Crippen LogP) is 1.48. The summed E-state index contributed by atoms with van der Waals surface area (Å²) in [6.45, 7) is 4.15. The van der Waals surface area contributed by atoms with E-state index in [9.17, 15) is 5.11 Å². The molecule has 0 saturated carbocycles. The van der Waals surface area contributed by atoms with Crippen LogP contribution >= 0.6 is 0 Å². The Balaban J connectivity index is 1.85. The number of rotatable bonds is 4. The second-order valence-electron chi connectivity index (χ2n) is 6.75. The molecule has 4 rings (SSSR count). The molecule has 3 atom stereocenters. The number of hydrogen-bond acceptors (Lipinski definition) is 7. The first kappa shape index (κ1) is 16.0. The average Bonchev–Trinajstić information content (AvgIpc) is 3.26. The molecule has 0 aliphatic carbocycles. The number of nitrogens with one attached hydrogen (secondary N) is 1. The first-order valence-corrected chi connectivity index (χ1v) is 8.36. The second kappa shape index (κ2) is 5.78. The molecule has 4 heterocycles. The Morgan fingerprint density at radius 1 is 1.52 bits per heavy atom. The maximum absolute atomic E-state index is 10.6. The SMILES string of the molecule is CCCC1(C)CC(O)C(c2cc(-c3cn[nH]n3)c3c(N)ncnn23)O1. The van der Waals surface area contributed by atoms with E-state index >= 15 is 0 Å². The highest BCUT2D eigenvalue weighted by Crippen LogP contribution is 2.43. The Hall–Kier alpha value is -2.52. The van der Waals surface area contributed by atoms with E-state index in [1.807, 2.05) is 13.0 Å². The van der Waals surface area contributed by atoms with Crippen molar-refractivity contribution in [2.45, 2.75) is 50.9 Å². The summed E-state index contributed by atoms with van der Waals surface area (Å²) in [5.74, 6) is 0.336. The lowest BCUT2D eigenvalue weighted by molar-refractivity contribution is -0.0506. The third kappa shape index (κ3) is 2.56. The summed E-state index contributed by atoms with van der Waals surface area (Å²) >= 11 is 0. The number of nitrogens with two attached hydrogens (primary N) is 1. The van der Waals surface area contributed by atoms with E-state index in [0.717, 1.165) is 24.1 Å². The average molecular weight is 343 g/mol. The topological polar surface area (TPSA) is 127 Å². The van der Waals surface area contributed by atoms with Crippen molar-refractivity contribution in [1.82, 2.24) is 30.0 Å². The summed E-state index contributed by atoms with van der Waals surface area (Å²) < 4.78 is 7.93. The summed E-state index contributed by atoms with van der Waals surface area (Å²) in [4.78, 5) is 4.08. The molecule has 3 aromatic rings. The largest absolute Gasteiger partial charge is 0.390 e. The van der Waals surface area contributed by atoms with E-state index in [-0.39, 0.29) is 5.60 Å². The quantitative estimate of drug-likeness (QED) is 0.654. The van der Waals surface area contributed by atoms with Crippen molar-refractivity contribution in [3.8, 4) is 11.3 Å². The smallest absolute Gasteiger partial charge is 0.152 e. The Kier molecular flexibility index (Phi) is 3.69. The summed E-state index contributed by atoms with van der Waals surface area (Å²) in [6, 6.07) is 1.89. The Labute approximate surface area is 144 Å². The number of aromatic amines is 1. The maximum Gasteiger partial charge on any atom is 0.152 e. The number of nitrogens with zero attached hydrogens (tertiary/aromatic N) is 5. The molecule has 25 heavy (non-hydrogen) atoms. The number of ether oxygens (including phenoxy) is 1. The molecule has 1 aliphatic rings. The number of aliphatic hydroxyl groups excluding tert-OH is 1. The molecule has 0 spiro atoms. The van der Waals surface area contributed by atoms with Gasteiger partial charge in [0.2, 0.25) is 0 Å². The molecule has 0 radical (unpaired) electrons. The van der Waals surface area contributed by atoms with Crippen LogP contribution in [0.25, 0.3) is 16.8 Å². The van der Waals surface area contributed by atoms with Crippen molar-refractivity contribution in [2.75, 3.05) is 5.73 Å². The zero-order valence-corrected chi connectivity index (χ0v) is 14.2. The fourth-order valence-electron chi connectivity index (χ4n) is 3.75. The van der Waals surface area contributed by atoms with E-state index in [1.165, 1.54) is 6.33 Å². The molecule has 132 valence electrons. The van der Waals surface area contributed by atoms with Gasteiger partial charge in [-0.3, -0.25) is 0 Å². The fourth-order valence-corrected chi connectivity index (χ4v) is 3.75. The van der Waals surface area contributed by atoms with Crippen LogP contribution in [-0.4, -0.2) is 46.8 Å². The van der Waals surface area contributed by atoms with Gasteiger partial charge in [-0.2, -0.15) is 20.5 Å². The highest BCUT2D eigenvalue weighted by molar-refractivity contribution is 5.86. The van der Waals surface area contributed by atoms with Gasteiger partial charge in [-0.15, -0.1) is 0 Å². The van der Waals surface area contributed by atoms with Gasteiger partial charge in [-0.05, 0) is 19.4 Å². The summed E-state index contributed by atoms with van der Waals surface area (Å²) in [5.41, 5.74) is 8.47. The number of aliphatic hydroxyl groups is 1. The molecule has 1 fully saturated rings. The Morgan fingerprint density at radius 3 is 3.08 bits per heavy atom. The van der Waals surface area contributed by atoms with Gasteiger partial charge < -0.3 is 15.6 Å². The van der Waals surface area contributed by atoms with E-state index in [0.29, 0.717) is 23.4 Å². The third-order valence-electron chi connectivity index (χ3n) is 4.77. The summed E-state index contributed by atoms with van der Waals surface area (Å²) in [7, 11) is 0. The van der Waals surface area contributed by atoms with Gasteiger partial charge in [0.1, 0.15) is 23.6 Å². The molecule has 3 unspecified atom stereocenters. The van der Waals surface area contributed by atoms with Crippen molar-refractivity contribution in [1.29, 1.82) is 0 Å². The van der Waals surface area contributed by atoms with Crippen LogP contribution in [0.5, 0.6) is 0 Å². The van der Waals surface area contributed by atoms with Crippen LogP contribution in [-0.2, 0) is 4.74 Å². The molecule has 0 aromatic carbocycles. The third-order valence-corrected chi connectivity index (χ3v) is 4.77. The first-order chi connectivity index (χ1) is 12.0. The normalized spacial score (nSPS) is 26.5. The lowest BCUT2D eigenvalue weighted by Gasteiger charge is -2.23. The molecule has 1 saturated heterocycles. The Bertz CT molecular complexity index is 891. The molecule has 9 nitrogen and oxygen atoms in total. The number of H-pyrrole nitrogens is 1. The van der Waals surface area contributed by atoms with E-state index in [2.05, 4.69) is 32.4 Å². The molecule has 4 N–H and O–H groups in total. The second-order valence-corrected chi connectivity index (χ2v) is 6.75. The number of hydrogen-bond donors (Lipinski definition) is 3. The number of aromatic nitrogens is 6. The molecular weight excluding hydrogens is 322 g/mol. The van der Waals surface area contributed by atoms with Crippen LogP contribution in [0, 0.1) is 0 Å². The van der Waals surface area contributed by atoms with E-state index < -0.39 is 12.2 Å². The minimum atomic E-state index is -0.615. The zero-order valence-electron chi connectivity index (χ0n) is 14.2. The van der Waals surface area contributed by atoms with Gasteiger partial charge in [0, 0.05) is 12.0 Å². The maximum atomic E-state index is 10.6. The number of nitrogen functional groups attached to an aromatic ring is 1. The summed E-state index contributed by atoms with van der Waals surface area (Å²) in [6.07, 6.45) is 4.36. The van der Waals surface area contributed by atoms with Crippen molar-refractivity contribution < 1.29 is 9.84 Å². The highest BCUT2D eigenvalue weighted by atomic mass is 16.5. The standard InChI is InChI=1S/C16H21N7O2/c1-3-4-16(2)6-12(24)14(25-16)11-5-9(10-7-19-22-21-10)13-15(17)18-8-20-23(11)13/h5,7-8,12,14,24H,3-4,6H2,1-2H3,(H2,17,18,20)(H,19,21,22). The lowest BCUT2D eigenvalue weighted by Crippen LogP contribution is -2.23. The molecule has 3 aromatic heterocycles. The van der Waals surface area contributed by atoms with Gasteiger partial charge >= 0.3 is 0 Å². The van der Waals surface area contributed by atoms with Crippen molar-refractivity contribution in [3.05, 3.63) is 24.3 Å². The monoisotopic (exact) mass is 343 g/mol. The van der Waals surface area contributed by atoms with Gasteiger partial charge in [0.15, 0.2) is 5.82 Å². The highest BCUT2D eigenvalue weighted by Gasteiger charge is 2.44. The summed E-state index contributed by atoms with van der Waals surface area (Å²) in [5, 5.41) is 25.5. The minimum absolute atomic E-state index is 0.336. The van der Waals surface area contributed by atoms with Gasteiger partial charge in [0.05, 0.1) is 23.6 Å². The van der Waals surface area contributed by atoms with Crippen LogP contribution in [0.4, 0.5) is 5.82 Å². The van der Waals surface area contributed by atoms with Crippen molar-refractivity contribution in [3.63, 3.8) is 0 Å². The van der Waals surface area contributed by atoms with Crippen LogP contribution in [0.15, 0.2) is 18.6 Å². The van der Waals surface area contributed by atoms with Gasteiger partial charge in [-0.1, -0.05) is 13.3 Å². The Morgan fingerprint density at radius 2 is 2.36 bits per heavy atom. The molecular formula is C16H21N7O2.